The second kappa shape index (κ2) is 7.10. The van der Waals surface area contributed by atoms with Crippen molar-refractivity contribution in [2.75, 3.05) is 18.0 Å². The number of anilines is 1. The highest BCUT2D eigenvalue weighted by atomic mass is 19.1. The number of hydrogen-bond donors (Lipinski definition) is 2. The Kier molecular flexibility index (Phi) is 4.70. The predicted molar refractivity (Wildman–Crippen MR) is 91.5 cm³/mol. The number of cyclic esters (lactones) is 1. The zero-order valence-corrected chi connectivity index (χ0v) is 13.9. The summed E-state index contributed by atoms with van der Waals surface area (Å²) in [5, 5.41) is 14.6. The van der Waals surface area contributed by atoms with Crippen molar-refractivity contribution < 1.29 is 13.9 Å². The maximum atomic E-state index is 14.5. The van der Waals surface area contributed by atoms with Crippen molar-refractivity contribution in [1.82, 2.24) is 15.1 Å². The van der Waals surface area contributed by atoms with Gasteiger partial charge in [0.2, 0.25) is 5.96 Å². The fourth-order valence-corrected chi connectivity index (χ4v) is 2.64. The number of rotatable bonds is 4. The molecule has 26 heavy (non-hydrogen) atoms. The third-order valence-corrected chi connectivity index (χ3v) is 3.88. The number of benzene rings is 1. The molecule has 0 aliphatic carbocycles. The van der Waals surface area contributed by atoms with Crippen LogP contribution < -0.4 is 16.0 Å². The second-order valence-corrected chi connectivity index (χ2v) is 5.58. The van der Waals surface area contributed by atoms with Crippen LogP contribution in [0.5, 0.6) is 0 Å². The van der Waals surface area contributed by atoms with Gasteiger partial charge in [-0.1, -0.05) is 0 Å². The molecule has 0 bridgehead atoms. The van der Waals surface area contributed by atoms with Crippen LogP contribution in [-0.4, -0.2) is 41.0 Å². The molecule has 2 heterocycles. The maximum Gasteiger partial charge on any atom is 0.414 e. The van der Waals surface area contributed by atoms with Gasteiger partial charge in [-0.15, -0.1) is 0 Å². The lowest BCUT2D eigenvalue weighted by Crippen LogP contribution is -2.30. The minimum atomic E-state index is -0.593. The Balaban J connectivity index is 1.74. The van der Waals surface area contributed by atoms with Gasteiger partial charge < -0.3 is 10.5 Å². The smallest absolute Gasteiger partial charge is 0.414 e. The molecule has 9 nitrogen and oxygen atoms in total. The number of carbonyl (C=O) groups excluding carboxylic acids is 1. The topological polar surface area (TPSA) is 122 Å². The number of halogens is 1. The Labute approximate surface area is 148 Å². The van der Waals surface area contributed by atoms with Crippen LogP contribution in [0.4, 0.5) is 14.9 Å². The van der Waals surface area contributed by atoms with Crippen molar-refractivity contribution in [3.63, 3.8) is 0 Å². The van der Waals surface area contributed by atoms with E-state index in [0.717, 1.165) is 0 Å². The molecule has 2 aromatic rings. The molecule has 1 unspecified atom stereocenters. The summed E-state index contributed by atoms with van der Waals surface area (Å²) in [5.74, 6) is -0.531. The quantitative estimate of drug-likeness (QED) is 0.363. The molecule has 1 saturated heterocycles. The number of hydrogen-bond acceptors (Lipinski definition) is 5. The van der Waals surface area contributed by atoms with E-state index in [9.17, 15) is 9.18 Å². The van der Waals surface area contributed by atoms with Gasteiger partial charge in [-0.3, -0.25) is 14.9 Å². The van der Waals surface area contributed by atoms with Crippen molar-refractivity contribution >= 4 is 17.7 Å². The number of ether oxygens (including phenoxy) is 1. The standard InChI is InChI=1S/C16H16FN7O2/c1-23-14(4-5-22-23)12-3-2-10(6-13(12)17)24-8-11(26-16(24)25)7-20-15(19)21-9-18/h2-6,11H,7-8H2,1H3,(H3,19,20,21). The molecule has 1 atom stereocenters. The first-order valence-electron chi connectivity index (χ1n) is 7.70. The van der Waals surface area contributed by atoms with Gasteiger partial charge in [0.05, 0.1) is 24.5 Å². The first-order valence-corrected chi connectivity index (χ1v) is 7.70. The lowest BCUT2D eigenvalue weighted by atomic mass is 10.1. The number of amides is 1. The van der Waals surface area contributed by atoms with Crippen LogP contribution in [0, 0.1) is 17.3 Å². The minimum absolute atomic E-state index is 0.0615. The van der Waals surface area contributed by atoms with E-state index < -0.39 is 18.0 Å². The minimum Gasteiger partial charge on any atom is -0.442 e. The zero-order chi connectivity index (χ0) is 18.7. The average Bonchev–Trinajstić information content (AvgIpc) is 3.19. The summed E-state index contributed by atoms with van der Waals surface area (Å²) >= 11 is 0. The van der Waals surface area contributed by atoms with Crippen LogP contribution in [0.15, 0.2) is 35.5 Å². The van der Waals surface area contributed by atoms with Crippen LogP contribution in [0.3, 0.4) is 0 Å². The number of carbonyl (C=O) groups is 1. The van der Waals surface area contributed by atoms with Gasteiger partial charge in [0, 0.05) is 18.8 Å². The molecule has 1 aromatic carbocycles. The van der Waals surface area contributed by atoms with E-state index in [1.54, 1.807) is 42.3 Å². The molecular formula is C16H16FN7O2. The summed E-state index contributed by atoms with van der Waals surface area (Å²) in [4.78, 5) is 17.3. The molecule has 3 N–H and O–H groups in total. The van der Waals surface area contributed by atoms with E-state index in [2.05, 4.69) is 15.4 Å². The normalized spacial score (nSPS) is 17.1. The Hall–Kier alpha value is -3.61. The monoisotopic (exact) mass is 357 g/mol. The fraction of sp³-hybridized carbons (Fsp3) is 0.250. The van der Waals surface area contributed by atoms with Crippen LogP contribution in [0.25, 0.3) is 11.3 Å². The summed E-state index contributed by atoms with van der Waals surface area (Å²) in [6.07, 6.45) is 2.09. The van der Waals surface area contributed by atoms with Crippen LogP contribution >= 0.6 is 0 Å². The van der Waals surface area contributed by atoms with Gasteiger partial charge in [-0.25, -0.2) is 14.2 Å². The molecule has 1 aliphatic heterocycles. The van der Waals surface area contributed by atoms with Crippen molar-refractivity contribution in [1.29, 1.82) is 5.26 Å². The highest BCUT2D eigenvalue weighted by molar-refractivity contribution is 5.90. The maximum absolute atomic E-state index is 14.5. The van der Waals surface area contributed by atoms with Crippen molar-refractivity contribution in [3.05, 3.63) is 36.3 Å². The third-order valence-electron chi connectivity index (χ3n) is 3.88. The molecule has 3 rings (SSSR count). The summed E-state index contributed by atoms with van der Waals surface area (Å²) in [5.41, 5.74) is 6.84. The van der Waals surface area contributed by atoms with Crippen LogP contribution in [0.1, 0.15) is 0 Å². The SMILES string of the molecule is Cn1nccc1-c1ccc(N2CC(CN=C(N)NC#N)OC2=O)cc1F. The Morgan fingerprint density at radius 2 is 2.38 bits per heavy atom. The van der Waals surface area contributed by atoms with Gasteiger partial charge in [-0.05, 0) is 24.3 Å². The predicted octanol–water partition coefficient (Wildman–Crippen LogP) is 0.937. The molecule has 10 heteroatoms. The van der Waals surface area contributed by atoms with Crippen molar-refractivity contribution in [2.45, 2.75) is 6.10 Å². The number of nitrogens with zero attached hydrogens (tertiary/aromatic N) is 5. The highest BCUT2D eigenvalue weighted by Gasteiger charge is 2.32. The van der Waals surface area contributed by atoms with Gasteiger partial charge in [0.1, 0.15) is 11.9 Å². The fourth-order valence-electron chi connectivity index (χ4n) is 2.64. The number of aromatic nitrogens is 2. The first kappa shape index (κ1) is 17.2. The molecule has 0 spiro atoms. The summed E-state index contributed by atoms with van der Waals surface area (Å²) in [6, 6.07) is 6.22. The molecular weight excluding hydrogens is 341 g/mol. The molecule has 1 fully saturated rings. The van der Waals surface area contributed by atoms with Crippen LogP contribution in [0.2, 0.25) is 0 Å². The summed E-state index contributed by atoms with van der Waals surface area (Å²) in [7, 11) is 1.72. The van der Waals surface area contributed by atoms with Crippen LogP contribution in [-0.2, 0) is 11.8 Å². The number of aliphatic imine (C=N–C) groups is 1. The van der Waals surface area contributed by atoms with E-state index in [-0.39, 0.29) is 19.0 Å². The molecule has 1 aliphatic rings. The zero-order valence-electron chi connectivity index (χ0n) is 13.9. The molecule has 1 amide bonds. The van der Waals surface area contributed by atoms with Crippen molar-refractivity contribution in [2.24, 2.45) is 17.8 Å². The second-order valence-electron chi connectivity index (χ2n) is 5.58. The van der Waals surface area contributed by atoms with Gasteiger partial charge in [0.25, 0.3) is 0 Å². The van der Waals surface area contributed by atoms with Gasteiger partial charge >= 0.3 is 6.09 Å². The number of nitrogens with one attached hydrogen (secondary N) is 1. The van der Waals surface area contributed by atoms with E-state index in [4.69, 9.17) is 15.7 Å². The van der Waals surface area contributed by atoms with Gasteiger partial charge in [-0.2, -0.15) is 10.4 Å². The summed E-state index contributed by atoms with van der Waals surface area (Å²) in [6.45, 7) is 0.297. The lowest BCUT2D eigenvalue weighted by molar-refractivity contribution is 0.145. The Morgan fingerprint density at radius 1 is 1.58 bits per heavy atom. The van der Waals surface area contributed by atoms with Crippen molar-refractivity contribution in [3.8, 4) is 17.5 Å². The van der Waals surface area contributed by atoms with E-state index in [0.29, 0.717) is 16.9 Å². The lowest BCUT2D eigenvalue weighted by Gasteiger charge is -2.14. The molecule has 0 saturated carbocycles. The number of nitriles is 1. The first-order chi connectivity index (χ1) is 12.5. The molecule has 1 aromatic heterocycles. The number of guanidine groups is 1. The van der Waals surface area contributed by atoms with Gasteiger partial charge in [0.15, 0.2) is 6.19 Å². The average molecular weight is 357 g/mol. The third kappa shape index (κ3) is 3.41. The molecule has 134 valence electrons. The van der Waals surface area contributed by atoms with E-state index in [1.165, 1.54) is 11.0 Å². The largest absolute Gasteiger partial charge is 0.442 e. The number of nitrogens with two attached hydrogens (primary N) is 1. The summed E-state index contributed by atoms with van der Waals surface area (Å²) < 4.78 is 21.3. The highest BCUT2D eigenvalue weighted by Crippen LogP contribution is 2.28. The molecule has 0 radical (unpaired) electrons. The van der Waals surface area contributed by atoms with E-state index >= 15 is 0 Å². The van der Waals surface area contributed by atoms with E-state index in [1.807, 2.05) is 0 Å². The Bertz CT molecular complexity index is 902. The number of aryl methyl sites for hydroxylation is 1. The Morgan fingerprint density at radius 3 is 3.04 bits per heavy atom.